The lowest BCUT2D eigenvalue weighted by Crippen LogP contribution is -2.01. The van der Waals surface area contributed by atoms with Crippen LogP contribution in [0.3, 0.4) is 0 Å². The van der Waals surface area contributed by atoms with Crippen molar-refractivity contribution < 1.29 is 14.3 Å². The van der Waals surface area contributed by atoms with Gasteiger partial charge >= 0.3 is 5.97 Å². The summed E-state index contributed by atoms with van der Waals surface area (Å²) in [7, 11) is 2.82. The van der Waals surface area contributed by atoms with Crippen molar-refractivity contribution >= 4 is 5.97 Å². The fraction of sp³-hybridized carbons (Fsp3) is 0.400. The molecule has 4 heteroatoms. The smallest absolute Gasteiger partial charge is 0.338 e. The van der Waals surface area contributed by atoms with Gasteiger partial charge in [-0.25, -0.2) is 9.78 Å². The summed E-state index contributed by atoms with van der Waals surface area (Å²) >= 11 is 0. The standard InChI is InChI=1S/C8H9NO3.C2H6/c1-11-7-5-6(3-4-9-7)8(10)12-2;1-2/h3-5H,1-2H3;1-2H3. The van der Waals surface area contributed by atoms with Gasteiger partial charge in [0.05, 0.1) is 19.8 Å². The van der Waals surface area contributed by atoms with Gasteiger partial charge in [-0.05, 0) is 6.07 Å². The van der Waals surface area contributed by atoms with Crippen molar-refractivity contribution in [1.82, 2.24) is 4.98 Å². The van der Waals surface area contributed by atoms with Crippen LogP contribution in [0.4, 0.5) is 0 Å². The van der Waals surface area contributed by atoms with Gasteiger partial charge in [0.15, 0.2) is 0 Å². The Hall–Kier alpha value is -1.58. The number of carbonyl (C=O) groups excluding carboxylic acids is 1. The number of carbonyl (C=O) groups is 1. The van der Waals surface area contributed by atoms with E-state index in [1.54, 1.807) is 6.07 Å². The molecule has 0 aliphatic heterocycles. The van der Waals surface area contributed by atoms with Gasteiger partial charge in [0.1, 0.15) is 0 Å². The van der Waals surface area contributed by atoms with Gasteiger partial charge < -0.3 is 9.47 Å². The lowest BCUT2D eigenvalue weighted by Gasteiger charge is -2.00. The van der Waals surface area contributed by atoms with E-state index in [-0.39, 0.29) is 0 Å². The van der Waals surface area contributed by atoms with E-state index in [4.69, 9.17) is 4.74 Å². The molecule has 1 rings (SSSR count). The molecule has 0 unspecified atom stereocenters. The number of aromatic nitrogens is 1. The summed E-state index contributed by atoms with van der Waals surface area (Å²) in [6.45, 7) is 4.00. The Morgan fingerprint density at radius 1 is 1.36 bits per heavy atom. The van der Waals surface area contributed by atoms with Crippen molar-refractivity contribution in [3.05, 3.63) is 23.9 Å². The molecule has 0 bridgehead atoms. The van der Waals surface area contributed by atoms with Crippen molar-refractivity contribution in [2.24, 2.45) is 0 Å². The number of esters is 1. The highest BCUT2D eigenvalue weighted by Gasteiger charge is 2.05. The second-order valence-electron chi connectivity index (χ2n) is 2.08. The predicted octanol–water partition coefficient (Wildman–Crippen LogP) is 1.90. The minimum Gasteiger partial charge on any atom is -0.481 e. The van der Waals surface area contributed by atoms with Crippen LogP contribution < -0.4 is 4.74 Å². The minimum absolute atomic E-state index is 0.393. The number of pyridine rings is 1. The third-order valence-electron chi connectivity index (χ3n) is 1.37. The zero-order chi connectivity index (χ0) is 11.0. The van der Waals surface area contributed by atoms with Gasteiger partial charge in [0.25, 0.3) is 0 Å². The number of ether oxygens (including phenoxy) is 2. The van der Waals surface area contributed by atoms with Gasteiger partial charge in [-0.15, -0.1) is 0 Å². The molecule has 14 heavy (non-hydrogen) atoms. The van der Waals surface area contributed by atoms with E-state index in [0.29, 0.717) is 11.4 Å². The first-order chi connectivity index (χ1) is 6.77. The number of hydrogen-bond acceptors (Lipinski definition) is 4. The molecule has 0 saturated heterocycles. The van der Waals surface area contributed by atoms with E-state index in [1.807, 2.05) is 13.8 Å². The molecule has 0 radical (unpaired) electrons. The van der Waals surface area contributed by atoms with Crippen molar-refractivity contribution in [2.45, 2.75) is 13.8 Å². The molecule has 1 aromatic rings. The topological polar surface area (TPSA) is 48.4 Å². The fourth-order valence-corrected chi connectivity index (χ4v) is 0.766. The zero-order valence-electron chi connectivity index (χ0n) is 8.90. The lowest BCUT2D eigenvalue weighted by atomic mass is 10.3. The second-order valence-corrected chi connectivity index (χ2v) is 2.08. The molecule has 4 nitrogen and oxygen atoms in total. The quantitative estimate of drug-likeness (QED) is 0.679. The molecule has 0 aliphatic rings. The van der Waals surface area contributed by atoms with Crippen LogP contribution in [-0.4, -0.2) is 25.2 Å². The average Bonchev–Trinajstić information content (AvgIpc) is 2.30. The first-order valence-corrected chi connectivity index (χ1v) is 4.36. The van der Waals surface area contributed by atoms with Gasteiger partial charge in [0.2, 0.25) is 5.88 Å². The molecule has 0 fully saturated rings. The molecule has 0 atom stereocenters. The molecular formula is C10H15NO3. The lowest BCUT2D eigenvalue weighted by molar-refractivity contribution is 0.0600. The van der Waals surface area contributed by atoms with Gasteiger partial charge in [0, 0.05) is 12.3 Å². The second kappa shape index (κ2) is 6.88. The fourth-order valence-electron chi connectivity index (χ4n) is 0.766. The molecule has 0 amide bonds. The minimum atomic E-state index is -0.393. The van der Waals surface area contributed by atoms with E-state index >= 15 is 0 Å². The molecule has 0 saturated carbocycles. The van der Waals surface area contributed by atoms with Crippen LogP contribution in [0, 0.1) is 0 Å². The average molecular weight is 197 g/mol. The van der Waals surface area contributed by atoms with Crippen LogP contribution in [-0.2, 0) is 4.74 Å². The summed E-state index contributed by atoms with van der Waals surface area (Å²) in [5.41, 5.74) is 0.435. The normalized spacial score (nSPS) is 8.29. The van der Waals surface area contributed by atoms with E-state index in [2.05, 4.69) is 9.72 Å². The van der Waals surface area contributed by atoms with Crippen molar-refractivity contribution in [1.29, 1.82) is 0 Å². The van der Waals surface area contributed by atoms with E-state index in [0.717, 1.165) is 0 Å². The third-order valence-corrected chi connectivity index (χ3v) is 1.37. The van der Waals surface area contributed by atoms with Gasteiger partial charge in [-0.2, -0.15) is 0 Å². The molecule has 78 valence electrons. The molecule has 0 aliphatic carbocycles. The maximum Gasteiger partial charge on any atom is 0.338 e. The summed E-state index contributed by atoms with van der Waals surface area (Å²) in [6.07, 6.45) is 1.49. The molecular weight excluding hydrogens is 182 g/mol. The Bertz CT molecular complexity index is 286. The Labute approximate surface area is 83.9 Å². The summed E-state index contributed by atoms with van der Waals surface area (Å²) in [6, 6.07) is 3.08. The van der Waals surface area contributed by atoms with Crippen LogP contribution in [0.25, 0.3) is 0 Å². The first kappa shape index (κ1) is 12.4. The Morgan fingerprint density at radius 2 is 2.00 bits per heavy atom. The Balaban J connectivity index is 0.000000791. The number of methoxy groups -OCH3 is 2. The highest BCUT2D eigenvalue weighted by Crippen LogP contribution is 2.08. The third kappa shape index (κ3) is 3.43. The highest BCUT2D eigenvalue weighted by molar-refractivity contribution is 5.89. The predicted molar refractivity (Wildman–Crippen MR) is 53.5 cm³/mol. The Morgan fingerprint density at radius 3 is 2.50 bits per heavy atom. The van der Waals surface area contributed by atoms with Crippen molar-refractivity contribution in [3.63, 3.8) is 0 Å². The molecule has 1 heterocycles. The molecule has 0 spiro atoms. The zero-order valence-corrected chi connectivity index (χ0v) is 8.90. The van der Waals surface area contributed by atoms with Crippen molar-refractivity contribution in [3.8, 4) is 5.88 Å². The Kier molecular flexibility index (Phi) is 6.11. The maximum absolute atomic E-state index is 11.0. The number of nitrogens with zero attached hydrogens (tertiary/aromatic N) is 1. The van der Waals surface area contributed by atoms with E-state index < -0.39 is 5.97 Å². The van der Waals surface area contributed by atoms with Crippen molar-refractivity contribution in [2.75, 3.05) is 14.2 Å². The molecule has 0 aromatic carbocycles. The molecule has 0 N–H and O–H groups in total. The van der Waals surface area contributed by atoms with E-state index in [9.17, 15) is 4.79 Å². The molecule has 1 aromatic heterocycles. The number of rotatable bonds is 2. The monoisotopic (exact) mass is 197 g/mol. The van der Waals surface area contributed by atoms with Crippen LogP contribution in [0.2, 0.25) is 0 Å². The van der Waals surface area contributed by atoms with Crippen LogP contribution in [0.5, 0.6) is 5.88 Å². The summed E-state index contributed by atoms with van der Waals surface area (Å²) in [5, 5.41) is 0. The SMILES string of the molecule is CC.COC(=O)c1ccnc(OC)c1. The number of hydrogen-bond donors (Lipinski definition) is 0. The maximum atomic E-state index is 11.0. The highest BCUT2D eigenvalue weighted by atomic mass is 16.5. The van der Waals surface area contributed by atoms with Gasteiger partial charge in [-0.1, -0.05) is 13.8 Å². The van der Waals surface area contributed by atoms with Crippen LogP contribution in [0.15, 0.2) is 18.3 Å². The first-order valence-electron chi connectivity index (χ1n) is 4.36. The summed E-state index contributed by atoms with van der Waals surface area (Å²) in [5.74, 6) is 0.00796. The van der Waals surface area contributed by atoms with Crippen LogP contribution >= 0.6 is 0 Å². The summed E-state index contributed by atoms with van der Waals surface area (Å²) < 4.78 is 9.34. The summed E-state index contributed by atoms with van der Waals surface area (Å²) in [4.78, 5) is 14.8. The van der Waals surface area contributed by atoms with E-state index in [1.165, 1.54) is 26.5 Å². The van der Waals surface area contributed by atoms with Gasteiger partial charge in [-0.3, -0.25) is 0 Å². The van der Waals surface area contributed by atoms with Crippen LogP contribution in [0.1, 0.15) is 24.2 Å². The largest absolute Gasteiger partial charge is 0.481 e.